The highest BCUT2D eigenvalue weighted by molar-refractivity contribution is 6.42. The second-order valence-corrected chi connectivity index (χ2v) is 7.30. The molecule has 0 unspecified atom stereocenters. The van der Waals surface area contributed by atoms with E-state index < -0.39 is 0 Å². The third-order valence-electron chi connectivity index (χ3n) is 4.03. The summed E-state index contributed by atoms with van der Waals surface area (Å²) < 4.78 is 0. The van der Waals surface area contributed by atoms with E-state index in [4.69, 9.17) is 23.2 Å². The predicted octanol–water partition coefficient (Wildman–Crippen LogP) is 3.62. The number of halogens is 2. The number of rotatable bonds is 6. The first-order valence-corrected chi connectivity index (χ1v) is 7.93. The average Bonchev–Trinajstić information content (AvgIpc) is 3.22. The van der Waals surface area contributed by atoms with Gasteiger partial charge in [-0.2, -0.15) is 0 Å². The maximum atomic E-state index is 12.1. The van der Waals surface area contributed by atoms with Gasteiger partial charge in [0, 0.05) is 19.1 Å². The van der Waals surface area contributed by atoms with Gasteiger partial charge in [-0.1, -0.05) is 43.1 Å². The molecule has 1 amide bonds. The van der Waals surface area contributed by atoms with Crippen molar-refractivity contribution in [3.8, 4) is 0 Å². The summed E-state index contributed by atoms with van der Waals surface area (Å²) in [5.41, 5.74) is 0.917. The molecule has 1 aromatic carbocycles. The van der Waals surface area contributed by atoms with Crippen LogP contribution >= 0.6 is 23.2 Å². The molecular formula is C16H21Cl2NO2. The van der Waals surface area contributed by atoms with Crippen molar-refractivity contribution in [2.75, 3.05) is 13.2 Å². The summed E-state index contributed by atoms with van der Waals surface area (Å²) in [6.07, 6.45) is 1.62. The lowest BCUT2D eigenvalue weighted by molar-refractivity contribution is -0.122. The van der Waals surface area contributed by atoms with E-state index in [0.717, 1.165) is 18.4 Å². The Morgan fingerprint density at radius 1 is 1.38 bits per heavy atom. The van der Waals surface area contributed by atoms with Crippen LogP contribution in [0.3, 0.4) is 0 Å². The van der Waals surface area contributed by atoms with Gasteiger partial charge in [-0.3, -0.25) is 4.79 Å². The second-order valence-electron chi connectivity index (χ2n) is 6.49. The van der Waals surface area contributed by atoms with Crippen LogP contribution < -0.4 is 5.32 Å². The predicted molar refractivity (Wildman–Crippen MR) is 85.8 cm³/mol. The molecule has 1 fully saturated rings. The third kappa shape index (κ3) is 4.35. The van der Waals surface area contributed by atoms with Gasteiger partial charge in [-0.25, -0.2) is 0 Å². The number of carbonyl (C=O) groups is 1. The molecule has 5 heteroatoms. The van der Waals surface area contributed by atoms with Crippen molar-refractivity contribution in [1.29, 1.82) is 0 Å². The third-order valence-corrected chi connectivity index (χ3v) is 4.77. The Bertz CT molecular complexity index is 531. The molecule has 1 aliphatic carbocycles. The van der Waals surface area contributed by atoms with E-state index in [-0.39, 0.29) is 29.8 Å². The minimum absolute atomic E-state index is 0.0273. The summed E-state index contributed by atoms with van der Waals surface area (Å²) >= 11 is 11.9. The topological polar surface area (TPSA) is 49.3 Å². The number of aliphatic hydroxyl groups is 1. The van der Waals surface area contributed by atoms with Crippen LogP contribution in [0.25, 0.3) is 0 Å². The van der Waals surface area contributed by atoms with E-state index in [1.807, 2.05) is 26.0 Å². The van der Waals surface area contributed by atoms with E-state index in [1.54, 1.807) is 6.07 Å². The monoisotopic (exact) mass is 329 g/mol. The Morgan fingerprint density at radius 3 is 2.71 bits per heavy atom. The van der Waals surface area contributed by atoms with E-state index >= 15 is 0 Å². The average molecular weight is 330 g/mol. The molecule has 0 aromatic heterocycles. The Labute approximate surface area is 135 Å². The van der Waals surface area contributed by atoms with Gasteiger partial charge >= 0.3 is 0 Å². The van der Waals surface area contributed by atoms with Gasteiger partial charge in [-0.05, 0) is 41.9 Å². The zero-order valence-electron chi connectivity index (χ0n) is 12.3. The van der Waals surface area contributed by atoms with Gasteiger partial charge in [0.15, 0.2) is 0 Å². The molecular weight excluding hydrogens is 309 g/mol. The quantitative estimate of drug-likeness (QED) is 0.837. The Hall–Kier alpha value is -0.770. The van der Waals surface area contributed by atoms with Crippen molar-refractivity contribution >= 4 is 29.1 Å². The van der Waals surface area contributed by atoms with Crippen LogP contribution in [0.15, 0.2) is 18.2 Å². The zero-order chi connectivity index (χ0) is 15.6. The lowest BCUT2D eigenvalue weighted by Gasteiger charge is -2.21. The lowest BCUT2D eigenvalue weighted by atomic mass is 9.90. The van der Waals surface area contributed by atoms with Gasteiger partial charge in [-0.15, -0.1) is 0 Å². The van der Waals surface area contributed by atoms with Gasteiger partial charge in [0.25, 0.3) is 0 Å². The highest BCUT2D eigenvalue weighted by atomic mass is 35.5. The molecule has 0 bridgehead atoms. The SMILES string of the molecule is CC(C)(CO)CCNC(=O)[C@@H]1C[C@H]1c1ccc(Cl)c(Cl)c1. The van der Waals surface area contributed by atoms with E-state index in [0.29, 0.717) is 16.6 Å². The molecule has 0 spiro atoms. The fourth-order valence-corrected chi connectivity index (χ4v) is 2.64. The fraction of sp³-hybridized carbons (Fsp3) is 0.562. The van der Waals surface area contributed by atoms with Gasteiger partial charge in [0.2, 0.25) is 5.91 Å². The molecule has 2 N–H and O–H groups in total. The minimum atomic E-state index is -0.153. The van der Waals surface area contributed by atoms with Crippen LogP contribution in [0.2, 0.25) is 10.0 Å². The number of hydrogen-bond donors (Lipinski definition) is 2. The molecule has 3 nitrogen and oxygen atoms in total. The fourth-order valence-electron chi connectivity index (χ4n) is 2.33. The molecule has 2 rings (SSSR count). The molecule has 1 aliphatic rings. The smallest absolute Gasteiger partial charge is 0.223 e. The highest BCUT2D eigenvalue weighted by Gasteiger charge is 2.43. The number of amides is 1. The number of hydrogen-bond acceptors (Lipinski definition) is 2. The van der Waals surface area contributed by atoms with Crippen molar-refractivity contribution in [2.24, 2.45) is 11.3 Å². The molecule has 0 aliphatic heterocycles. The first-order valence-electron chi connectivity index (χ1n) is 7.17. The number of aliphatic hydroxyl groups excluding tert-OH is 1. The molecule has 2 atom stereocenters. The molecule has 0 radical (unpaired) electrons. The van der Waals surface area contributed by atoms with Gasteiger partial charge in [0.05, 0.1) is 10.0 Å². The van der Waals surface area contributed by atoms with Crippen LogP contribution in [-0.2, 0) is 4.79 Å². The first-order chi connectivity index (χ1) is 9.84. The maximum Gasteiger partial charge on any atom is 0.223 e. The Morgan fingerprint density at radius 2 is 2.10 bits per heavy atom. The number of nitrogens with one attached hydrogen (secondary N) is 1. The standard InChI is InChI=1S/C16H21Cl2NO2/c1-16(2,9-20)5-6-19-15(21)12-8-11(12)10-3-4-13(17)14(18)7-10/h3-4,7,11-12,20H,5-6,8-9H2,1-2H3,(H,19,21)/t11-,12+/m0/s1. The van der Waals surface area contributed by atoms with Crippen LogP contribution in [0.5, 0.6) is 0 Å². The normalized spacial score (nSPS) is 21.2. The van der Waals surface area contributed by atoms with Crippen LogP contribution in [0, 0.1) is 11.3 Å². The van der Waals surface area contributed by atoms with Crippen LogP contribution in [-0.4, -0.2) is 24.2 Å². The summed E-state index contributed by atoms with van der Waals surface area (Å²) in [7, 11) is 0. The molecule has 0 saturated heterocycles. The van der Waals surface area contributed by atoms with Crippen LogP contribution in [0.1, 0.15) is 38.2 Å². The molecule has 0 heterocycles. The number of carbonyl (C=O) groups excluding carboxylic acids is 1. The lowest BCUT2D eigenvalue weighted by Crippen LogP contribution is -2.30. The summed E-state index contributed by atoms with van der Waals surface area (Å²) in [5, 5.41) is 13.2. The van der Waals surface area contributed by atoms with Gasteiger partial charge < -0.3 is 10.4 Å². The Balaban J connectivity index is 1.82. The molecule has 21 heavy (non-hydrogen) atoms. The largest absolute Gasteiger partial charge is 0.396 e. The molecule has 1 saturated carbocycles. The number of benzene rings is 1. The van der Waals surface area contributed by atoms with Gasteiger partial charge in [0.1, 0.15) is 0 Å². The van der Waals surface area contributed by atoms with Crippen molar-refractivity contribution in [2.45, 2.75) is 32.6 Å². The van der Waals surface area contributed by atoms with Crippen LogP contribution in [0.4, 0.5) is 0 Å². The van der Waals surface area contributed by atoms with Crippen molar-refractivity contribution in [1.82, 2.24) is 5.32 Å². The van der Waals surface area contributed by atoms with E-state index in [2.05, 4.69) is 5.32 Å². The summed E-state index contributed by atoms with van der Waals surface area (Å²) in [4.78, 5) is 12.1. The molecule has 116 valence electrons. The van der Waals surface area contributed by atoms with E-state index in [9.17, 15) is 9.90 Å². The minimum Gasteiger partial charge on any atom is -0.396 e. The Kier molecular flexibility index (Phi) is 5.18. The highest BCUT2D eigenvalue weighted by Crippen LogP contribution is 2.48. The van der Waals surface area contributed by atoms with Crippen molar-refractivity contribution in [3.05, 3.63) is 33.8 Å². The molecule has 1 aromatic rings. The van der Waals surface area contributed by atoms with E-state index in [1.165, 1.54) is 0 Å². The zero-order valence-corrected chi connectivity index (χ0v) is 13.8. The first kappa shape index (κ1) is 16.6. The maximum absolute atomic E-state index is 12.1. The second kappa shape index (κ2) is 6.55. The summed E-state index contributed by atoms with van der Waals surface area (Å²) in [6, 6.07) is 5.55. The van der Waals surface area contributed by atoms with Crippen molar-refractivity contribution < 1.29 is 9.90 Å². The summed E-state index contributed by atoms with van der Waals surface area (Å²) in [6.45, 7) is 4.68. The summed E-state index contributed by atoms with van der Waals surface area (Å²) in [5.74, 6) is 0.352. The van der Waals surface area contributed by atoms with Crippen molar-refractivity contribution in [3.63, 3.8) is 0 Å².